The van der Waals surface area contributed by atoms with Crippen molar-refractivity contribution in [2.45, 2.75) is 18.9 Å². The van der Waals surface area contributed by atoms with Crippen LogP contribution in [0.25, 0.3) is 0 Å². The normalized spacial score (nSPS) is 12.1. The summed E-state index contributed by atoms with van der Waals surface area (Å²) in [6.45, 7) is 0. The Kier molecular flexibility index (Phi) is 4.88. The third kappa shape index (κ3) is 4.24. The van der Waals surface area contributed by atoms with Gasteiger partial charge in [0.05, 0.1) is 4.92 Å². The average Bonchev–Trinajstić information content (AvgIpc) is 2.40. The van der Waals surface area contributed by atoms with Gasteiger partial charge in [-0.3, -0.25) is 10.1 Å². The SMILES string of the molecule is NC(Cc1cccc(F)c1)Cc1ccc(Cl)cc1[N+](=O)[O-]. The second kappa shape index (κ2) is 6.65. The first-order chi connectivity index (χ1) is 9.95. The smallest absolute Gasteiger partial charge is 0.274 e. The highest BCUT2D eigenvalue weighted by atomic mass is 35.5. The molecule has 0 radical (unpaired) electrons. The summed E-state index contributed by atoms with van der Waals surface area (Å²) >= 11 is 5.77. The van der Waals surface area contributed by atoms with Crippen molar-refractivity contribution in [2.24, 2.45) is 5.73 Å². The highest BCUT2D eigenvalue weighted by Gasteiger charge is 2.17. The Morgan fingerprint density at radius 3 is 2.67 bits per heavy atom. The summed E-state index contributed by atoms with van der Waals surface area (Å²) in [4.78, 5) is 10.5. The number of nitro groups is 1. The summed E-state index contributed by atoms with van der Waals surface area (Å²) in [5, 5.41) is 11.3. The van der Waals surface area contributed by atoms with E-state index in [4.69, 9.17) is 17.3 Å². The van der Waals surface area contributed by atoms with E-state index in [0.717, 1.165) is 5.56 Å². The fourth-order valence-electron chi connectivity index (χ4n) is 2.20. The molecule has 1 unspecified atom stereocenters. The van der Waals surface area contributed by atoms with E-state index in [1.54, 1.807) is 24.3 Å². The first-order valence-electron chi connectivity index (χ1n) is 6.38. The maximum absolute atomic E-state index is 13.1. The van der Waals surface area contributed by atoms with E-state index >= 15 is 0 Å². The van der Waals surface area contributed by atoms with E-state index in [-0.39, 0.29) is 17.5 Å². The third-order valence-corrected chi connectivity index (χ3v) is 3.35. The monoisotopic (exact) mass is 308 g/mol. The van der Waals surface area contributed by atoms with E-state index in [1.165, 1.54) is 18.2 Å². The molecular formula is C15H14ClFN2O2. The van der Waals surface area contributed by atoms with Crippen molar-refractivity contribution in [3.63, 3.8) is 0 Å². The molecular weight excluding hydrogens is 295 g/mol. The third-order valence-electron chi connectivity index (χ3n) is 3.11. The first kappa shape index (κ1) is 15.4. The summed E-state index contributed by atoms with van der Waals surface area (Å²) < 4.78 is 13.1. The maximum atomic E-state index is 13.1. The zero-order valence-corrected chi connectivity index (χ0v) is 11.9. The van der Waals surface area contributed by atoms with Crippen LogP contribution in [0.2, 0.25) is 5.02 Å². The molecule has 2 rings (SSSR count). The van der Waals surface area contributed by atoms with E-state index in [9.17, 15) is 14.5 Å². The van der Waals surface area contributed by atoms with Gasteiger partial charge in [-0.25, -0.2) is 4.39 Å². The van der Waals surface area contributed by atoms with Gasteiger partial charge in [-0.15, -0.1) is 0 Å². The number of nitro benzene ring substituents is 1. The maximum Gasteiger partial charge on any atom is 0.274 e. The van der Waals surface area contributed by atoms with Gasteiger partial charge in [-0.1, -0.05) is 29.8 Å². The number of nitrogens with two attached hydrogens (primary N) is 1. The molecule has 2 N–H and O–H groups in total. The van der Waals surface area contributed by atoms with Crippen molar-refractivity contribution in [3.8, 4) is 0 Å². The van der Waals surface area contributed by atoms with E-state index in [2.05, 4.69) is 0 Å². The fraction of sp³-hybridized carbons (Fsp3) is 0.200. The van der Waals surface area contributed by atoms with Crippen LogP contribution in [0.4, 0.5) is 10.1 Å². The van der Waals surface area contributed by atoms with Crippen LogP contribution in [0.15, 0.2) is 42.5 Å². The van der Waals surface area contributed by atoms with Crippen LogP contribution in [0, 0.1) is 15.9 Å². The molecule has 0 saturated carbocycles. The number of halogens is 2. The largest absolute Gasteiger partial charge is 0.327 e. The molecule has 0 saturated heterocycles. The molecule has 0 heterocycles. The Labute approximate surface area is 126 Å². The Morgan fingerprint density at radius 1 is 1.24 bits per heavy atom. The minimum Gasteiger partial charge on any atom is -0.327 e. The minimum absolute atomic E-state index is 0.0443. The van der Waals surface area contributed by atoms with Crippen LogP contribution >= 0.6 is 11.6 Å². The van der Waals surface area contributed by atoms with Gasteiger partial charge in [0.2, 0.25) is 0 Å². The van der Waals surface area contributed by atoms with Crippen LogP contribution in [-0.4, -0.2) is 11.0 Å². The molecule has 0 aliphatic carbocycles. The summed E-state index contributed by atoms with van der Waals surface area (Å²) in [5.74, 6) is -0.322. The zero-order chi connectivity index (χ0) is 15.4. The van der Waals surface area contributed by atoms with Gasteiger partial charge in [0.15, 0.2) is 0 Å². The second-order valence-corrected chi connectivity index (χ2v) is 5.26. The Bertz CT molecular complexity index is 664. The predicted molar refractivity (Wildman–Crippen MR) is 79.9 cm³/mol. The second-order valence-electron chi connectivity index (χ2n) is 4.83. The lowest BCUT2D eigenvalue weighted by Crippen LogP contribution is -2.26. The Morgan fingerprint density at radius 2 is 2.00 bits per heavy atom. The fourth-order valence-corrected chi connectivity index (χ4v) is 2.37. The number of hydrogen-bond acceptors (Lipinski definition) is 3. The van der Waals surface area contributed by atoms with Gasteiger partial charge >= 0.3 is 0 Å². The quantitative estimate of drug-likeness (QED) is 0.679. The van der Waals surface area contributed by atoms with E-state index in [1.807, 2.05) is 0 Å². The molecule has 21 heavy (non-hydrogen) atoms. The molecule has 4 nitrogen and oxygen atoms in total. The average molecular weight is 309 g/mol. The number of hydrogen-bond donors (Lipinski definition) is 1. The van der Waals surface area contributed by atoms with Crippen LogP contribution < -0.4 is 5.73 Å². The molecule has 0 aliphatic heterocycles. The molecule has 1 atom stereocenters. The molecule has 2 aromatic carbocycles. The lowest BCUT2D eigenvalue weighted by atomic mass is 9.98. The van der Waals surface area contributed by atoms with Crippen molar-refractivity contribution in [3.05, 3.63) is 74.5 Å². The number of rotatable bonds is 5. The van der Waals surface area contributed by atoms with E-state index in [0.29, 0.717) is 23.4 Å². The van der Waals surface area contributed by atoms with E-state index < -0.39 is 4.92 Å². The molecule has 110 valence electrons. The van der Waals surface area contributed by atoms with Gasteiger partial charge in [-0.05, 0) is 36.6 Å². The molecule has 0 fully saturated rings. The summed E-state index contributed by atoms with van der Waals surface area (Å²) in [6.07, 6.45) is 0.765. The van der Waals surface area contributed by atoms with Gasteiger partial charge in [0, 0.05) is 22.7 Å². The Hall–Kier alpha value is -1.98. The Balaban J connectivity index is 2.12. The van der Waals surface area contributed by atoms with Crippen molar-refractivity contribution in [2.75, 3.05) is 0 Å². The lowest BCUT2D eigenvalue weighted by Gasteiger charge is -2.12. The first-order valence-corrected chi connectivity index (χ1v) is 6.76. The highest BCUT2D eigenvalue weighted by Crippen LogP contribution is 2.24. The standard InChI is InChI=1S/C15H14ClFN2O2/c16-12-5-4-11(15(9-12)19(20)21)8-14(18)7-10-2-1-3-13(17)6-10/h1-6,9,14H,7-8,18H2. The number of benzene rings is 2. The highest BCUT2D eigenvalue weighted by molar-refractivity contribution is 6.30. The zero-order valence-electron chi connectivity index (χ0n) is 11.1. The number of nitrogens with zero attached hydrogens (tertiary/aromatic N) is 1. The molecule has 0 aliphatic rings. The van der Waals surface area contributed by atoms with Gasteiger partial charge in [0.1, 0.15) is 5.82 Å². The lowest BCUT2D eigenvalue weighted by molar-refractivity contribution is -0.385. The van der Waals surface area contributed by atoms with Gasteiger partial charge in [-0.2, -0.15) is 0 Å². The van der Waals surface area contributed by atoms with Crippen LogP contribution in [0.3, 0.4) is 0 Å². The van der Waals surface area contributed by atoms with Crippen LogP contribution in [0.1, 0.15) is 11.1 Å². The van der Waals surface area contributed by atoms with Crippen LogP contribution in [-0.2, 0) is 12.8 Å². The molecule has 6 heteroatoms. The summed E-state index contributed by atoms with van der Waals surface area (Å²) in [5.41, 5.74) is 7.26. The van der Waals surface area contributed by atoms with Crippen molar-refractivity contribution >= 4 is 17.3 Å². The summed E-state index contributed by atoms with van der Waals surface area (Å²) in [6, 6.07) is 10.3. The van der Waals surface area contributed by atoms with Crippen molar-refractivity contribution < 1.29 is 9.31 Å². The summed E-state index contributed by atoms with van der Waals surface area (Å²) in [7, 11) is 0. The molecule has 0 spiro atoms. The van der Waals surface area contributed by atoms with Crippen LogP contribution in [0.5, 0.6) is 0 Å². The molecule has 0 aromatic heterocycles. The molecule has 2 aromatic rings. The molecule has 0 amide bonds. The minimum atomic E-state index is -0.476. The van der Waals surface area contributed by atoms with Gasteiger partial charge in [0.25, 0.3) is 5.69 Å². The van der Waals surface area contributed by atoms with Gasteiger partial charge < -0.3 is 5.73 Å². The van der Waals surface area contributed by atoms with Crippen molar-refractivity contribution in [1.82, 2.24) is 0 Å². The predicted octanol–water partition coefficient (Wildman–Crippen LogP) is 3.50. The van der Waals surface area contributed by atoms with Crippen molar-refractivity contribution in [1.29, 1.82) is 0 Å². The topological polar surface area (TPSA) is 69.2 Å². The molecule has 0 bridgehead atoms.